The second kappa shape index (κ2) is 5.83. The second-order valence-electron chi connectivity index (χ2n) is 5.02. The first-order valence-electron chi connectivity index (χ1n) is 7.04. The van der Waals surface area contributed by atoms with Gasteiger partial charge in [0.1, 0.15) is 12.1 Å². The molecule has 1 aliphatic rings. The van der Waals surface area contributed by atoms with Crippen molar-refractivity contribution >= 4 is 5.82 Å². The van der Waals surface area contributed by atoms with Crippen LogP contribution in [-0.4, -0.2) is 16.5 Å². The van der Waals surface area contributed by atoms with Gasteiger partial charge < -0.3 is 5.32 Å². The van der Waals surface area contributed by atoms with Gasteiger partial charge in [-0.1, -0.05) is 30.3 Å². The number of anilines is 1. The average Bonchev–Trinajstić information content (AvgIpc) is 2.49. The van der Waals surface area contributed by atoms with Crippen LogP contribution in [-0.2, 0) is 19.3 Å². The van der Waals surface area contributed by atoms with Crippen molar-refractivity contribution in [2.45, 2.75) is 32.1 Å². The van der Waals surface area contributed by atoms with Crippen LogP contribution in [0.3, 0.4) is 0 Å². The van der Waals surface area contributed by atoms with E-state index in [-0.39, 0.29) is 0 Å². The summed E-state index contributed by atoms with van der Waals surface area (Å²) in [7, 11) is 0. The van der Waals surface area contributed by atoms with Crippen LogP contribution in [0.25, 0.3) is 0 Å². The van der Waals surface area contributed by atoms with E-state index >= 15 is 0 Å². The first kappa shape index (κ1) is 12.2. The van der Waals surface area contributed by atoms with Crippen LogP contribution in [0.5, 0.6) is 0 Å². The van der Waals surface area contributed by atoms with E-state index in [0.29, 0.717) is 0 Å². The molecule has 0 amide bonds. The van der Waals surface area contributed by atoms with Crippen LogP contribution in [0.4, 0.5) is 5.82 Å². The molecule has 0 saturated carbocycles. The normalized spacial score (nSPS) is 13.9. The minimum Gasteiger partial charge on any atom is -0.369 e. The third-order valence-corrected chi connectivity index (χ3v) is 3.67. The maximum Gasteiger partial charge on any atom is 0.132 e. The molecule has 1 aromatic carbocycles. The molecule has 2 aromatic rings. The molecule has 0 aliphatic heterocycles. The number of nitrogens with zero attached hydrogens (tertiary/aromatic N) is 2. The molecular weight excluding hydrogens is 234 g/mol. The van der Waals surface area contributed by atoms with Gasteiger partial charge in [0.15, 0.2) is 0 Å². The summed E-state index contributed by atoms with van der Waals surface area (Å²) < 4.78 is 0. The number of hydrogen-bond donors (Lipinski definition) is 1. The van der Waals surface area contributed by atoms with Gasteiger partial charge in [0.25, 0.3) is 0 Å². The van der Waals surface area contributed by atoms with E-state index in [1.54, 1.807) is 6.33 Å². The van der Waals surface area contributed by atoms with Gasteiger partial charge in [-0.2, -0.15) is 0 Å². The molecule has 1 N–H and O–H groups in total. The molecule has 3 heteroatoms. The number of aryl methyl sites for hydroxylation is 1. The Morgan fingerprint density at radius 1 is 1.00 bits per heavy atom. The molecule has 0 spiro atoms. The number of rotatable bonds is 4. The third kappa shape index (κ3) is 2.92. The highest BCUT2D eigenvalue weighted by Gasteiger charge is 2.14. The van der Waals surface area contributed by atoms with Crippen LogP contribution in [0.15, 0.2) is 36.7 Å². The third-order valence-electron chi connectivity index (χ3n) is 3.67. The summed E-state index contributed by atoms with van der Waals surface area (Å²) in [6.07, 6.45) is 7.45. The summed E-state index contributed by atoms with van der Waals surface area (Å²) in [5.41, 5.74) is 3.93. The van der Waals surface area contributed by atoms with Crippen molar-refractivity contribution < 1.29 is 0 Å². The predicted molar refractivity (Wildman–Crippen MR) is 77.3 cm³/mol. The van der Waals surface area contributed by atoms with Gasteiger partial charge >= 0.3 is 0 Å². The molecule has 3 rings (SSSR count). The van der Waals surface area contributed by atoms with Crippen molar-refractivity contribution in [3.05, 3.63) is 53.5 Å². The van der Waals surface area contributed by atoms with Gasteiger partial charge in [0, 0.05) is 17.8 Å². The molecule has 3 nitrogen and oxygen atoms in total. The smallest absolute Gasteiger partial charge is 0.132 e. The molecule has 19 heavy (non-hydrogen) atoms. The Kier molecular flexibility index (Phi) is 3.73. The molecule has 0 atom stereocenters. The van der Waals surface area contributed by atoms with E-state index in [1.165, 1.54) is 29.7 Å². The van der Waals surface area contributed by atoms with Gasteiger partial charge in [-0.15, -0.1) is 0 Å². The van der Waals surface area contributed by atoms with Gasteiger partial charge in [-0.05, 0) is 37.7 Å². The highest BCUT2D eigenvalue weighted by Crippen LogP contribution is 2.24. The van der Waals surface area contributed by atoms with Crippen LogP contribution in [0, 0.1) is 0 Å². The summed E-state index contributed by atoms with van der Waals surface area (Å²) in [5.74, 6) is 1.04. The average molecular weight is 253 g/mol. The zero-order valence-corrected chi connectivity index (χ0v) is 11.1. The lowest BCUT2D eigenvalue weighted by Gasteiger charge is -2.18. The molecule has 1 heterocycles. The fourth-order valence-electron chi connectivity index (χ4n) is 2.64. The largest absolute Gasteiger partial charge is 0.369 e. The predicted octanol–water partition coefficient (Wildman–Crippen LogP) is 3.01. The molecule has 0 unspecified atom stereocenters. The highest BCUT2D eigenvalue weighted by atomic mass is 15.0. The zero-order chi connectivity index (χ0) is 12.9. The Bertz CT molecular complexity index is 537. The molecule has 98 valence electrons. The topological polar surface area (TPSA) is 37.8 Å². The van der Waals surface area contributed by atoms with Crippen molar-refractivity contribution in [1.29, 1.82) is 0 Å². The second-order valence-corrected chi connectivity index (χ2v) is 5.02. The van der Waals surface area contributed by atoms with Crippen LogP contribution in [0.1, 0.15) is 29.7 Å². The molecule has 1 aliphatic carbocycles. The number of nitrogens with one attached hydrogen (secondary N) is 1. The van der Waals surface area contributed by atoms with Gasteiger partial charge in [-0.3, -0.25) is 0 Å². The van der Waals surface area contributed by atoms with E-state index in [1.807, 2.05) is 0 Å². The molecule has 0 radical (unpaired) electrons. The summed E-state index contributed by atoms with van der Waals surface area (Å²) in [4.78, 5) is 8.80. The van der Waals surface area contributed by atoms with Crippen molar-refractivity contribution in [1.82, 2.24) is 9.97 Å². The summed E-state index contributed by atoms with van der Waals surface area (Å²) in [5, 5.41) is 3.47. The van der Waals surface area contributed by atoms with Gasteiger partial charge in [0.05, 0.1) is 0 Å². The molecule has 1 aromatic heterocycles. The van der Waals surface area contributed by atoms with Crippen molar-refractivity contribution in [2.75, 3.05) is 11.9 Å². The lowest BCUT2D eigenvalue weighted by Crippen LogP contribution is -2.13. The zero-order valence-electron chi connectivity index (χ0n) is 11.1. The minimum atomic E-state index is 0.924. The number of aromatic nitrogens is 2. The summed E-state index contributed by atoms with van der Waals surface area (Å²) >= 11 is 0. The van der Waals surface area contributed by atoms with Gasteiger partial charge in [0.2, 0.25) is 0 Å². The van der Waals surface area contributed by atoms with Gasteiger partial charge in [-0.25, -0.2) is 9.97 Å². The Hall–Kier alpha value is -1.90. The lowest BCUT2D eigenvalue weighted by atomic mass is 9.96. The standard InChI is InChI=1S/C16H19N3/c1-2-6-13(7-3-1)10-11-17-16-14-8-4-5-9-15(14)18-12-19-16/h1-3,6-7,12H,4-5,8-11H2,(H,17,18,19). The van der Waals surface area contributed by atoms with Crippen LogP contribution in [0.2, 0.25) is 0 Å². The number of hydrogen-bond acceptors (Lipinski definition) is 3. The summed E-state index contributed by atoms with van der Waals surface area (Å²) in [6, 6.07) is 10.6. The van der Waals surface area contributed by atoms with E-state index in [4.69, 9.17) is 0 Å². The van der Waals surface area contributed by atoms with Crippen LogP contribution >= 0.6 is 0 Å². The monoisotopic (exact) mass is 253 g/mol. The quantitative estimate of drug-likeness (QED) is 0.910. The lowest BCUT2D eigenvalue weighted by molar-refractivity contribution is 0.663. The van der Waals surface area contributed by atoms with Crippen molar-refractivity contribution in [3.63, 3.8) is 0 Å². The Balaban J connectivity index is 1.64. The molecule has 0 bridgehead atoms. The fourth-order valence-corrected chi connectivity index (χ4v) is 2.64. The number of benzene rings is 1. The van der Waals surface area contributed by atoms with Crippen LogP contribution < -0.4 is 5.32 Å². The molecule has 0 fully saturated rings. The Morgan fingerprint density at radius 3 is 2.74 bits per heavy atom. The Labute approximate surface area is 114 Å². The summed E-state index contributed by atoms with van der Waals surface area (Å²) in [6.45, 7) is 0.924. The maximum atomic E-state index is 4.40. The fraction of sp³-hybridized carbons (Fsp3) is 0.375. The van der Waals surface area contributed by atoms with E-state index in [2.05, 4.69) is 45.6 Å². The first-order chi connectivity index (χ1) is 9.43. The van der Waals surface area contributed by atoms with E-state index < -0.39 is 0 Å². The first-order valence-corrected chi connectivity index (χ1v) is 7.04. The SMILES string of the molecule is c1ccc(CCNc2ncnc3c2CCCC3)cc1. The number of fused-ring (bicyclic) bond motifs is 1. The minimum absolute atomic E-state index is 0.924. The highest BCUT2D eigenvalue weighted by molar-refractivity contribution is 5.47. The van der Waals surface area contributed by atoms with Crippen molar-refractivity contribution in [3.8, 4) is 0 Å². The molecular formula is C16H19N3. The maximum absolute atomic E-state index is 4.40. The van der Waals surface area contributed by atoms with E-state index in [9.17, 15) is 0 Å². The van der Waals surface area contributed by atoms with E-state index in [0.717, 1.165) is 31.6 Å². The molecule has 0 saturated heterocycles. The van der Waals surface area contributed by atoms with Crippen molar-refractivity contribution in [2.24, 2.45) is 0 Å². The Morgan fingerprint density at radius 2 is 1.84 bits per heavy atom.